The maximum atomic E-state index is 13.9. The number of piperidine rings is 2. The number of rotatable bonds is 6. The molecule has 3 heterocycles. The number of aromatic nitrogens is 2. The number of carboxylic acid groups (broad SMARTS) is 1. The Morgan fingerprint density at radius 2 is 1.65 bits per heavy atom. The molecule has 1 N–H and O–H groups in total. The number of fused-ring (bicyclic) bond motifs is 5. The van der Waals surface area contributed by atoms with Gasteiger partial charge in [-0.1, -0.05) is 43.0 Å². The third kappa shape index (κ3) is 4.58. The normalized spacial score (nSPS) is 32.3. The second kappa shape index (κ2) is 10.2. The Labute approximate surface area is 217 Å². The standard InChI is InChI=1S/C29H38N4O4/c1-2-37-31-27(29(35)36)26-28(34)33(25-12-4-3-11-24(25)30-26)23-16-20-9-6-10-21(17-23)32(20)22-14-18-7-5-8-19(13-18)15-22/h3-4,11-12,18-23H,2,5-10,13-17H2,1H3,(H,35,36)/b31-27-. The highest BCUT2D eigenvalue weighted by atomic mass is 16.6. The Kier molecular flexibility index (Phi) is 6.78. The van der Waals surface area contributed by atoms with Gasteiger partial charge in [0.2, 0.25) is 5.71 Å². The Hall–Kier alpha value is -2.74. The number of carbonyl (C=O) groups is 1. The number of hydrogen-bond acceptors (Lipinski definition) is 6. The molecule has 1 aromatic heterocycles. The van der Waals surface area contributed by atoms with Gasteiger partial charge in [0.25, 0.3) is 5.56 Å². The lowest BCUT2D eigenvalue weighted by atomic mass is 9.68. The van der Waals surface area contributed by atoms with Gasteiger partial charge in [0.05, 0.1) is 11.0 Å². The summed E-state index contributed by atoms with van der Waals surface area (Å²) in [7, 11) is 0. The molecule has 2 aliphatic carbocycles. The van der Waals surface area contributed by atoms with Crippen molar-refractivity contribution in [2.45, 2.75) is 102 Å². The molecule has 37 heavy (non-hydrogen) atoms. The van der Waals surface area contributed by atoms with Gasteiger partial charge in [-0.15, -0.1) is 0 Å². The quantitative estimate of drug-likeness (QED) is 0.449. The molecule has 2 saturated heterocycles. The second-order valence-corrected chi connectivity index (χ2v) is 11.6. The van der Waals surface area contributed by atoms with E-state index in [1.807, 2.05) is 28.8 Å². The minimum atomic E-state index is -1.31. The molecule has 2 aliphatic heterocycles. The second-order valence-electron chi connectivity index (χ2n) is 11.6. The molecular formula is C29H38N4O4. The van der Waals surface area contributed by atoms with Crippen LogP contribution in [0.2, 0.25) is 0 Å². The molecule has 4 atom stereocenters. The highest BCUT2D eigenvalue weighted by molar-refractivity contribution is 6.41. The number of benzene rings is 1. The first-order valence-corrected chi connectivity index (χ1v) is 14.3. The molecule has 2 saturated carbocycles. The fraction of sp³-hybridized carbons (Fsp3) is 0.655. The third-order valence-electron chi connectivity index (χ3n) is 9.40. The van der Waals surface area contributed by atoms with Crippen LogP contribution in [0.3, 0.4) is 0 Å². The molecule has 4 aliphatic rings. The Bertz CT molecular complexity index is 1230. The molecule has 0 radical (unpaired) electrons. The summed E-state index contributed by atoms with van der Waals surface area (Å²) in [5.74, 6) is 0.475. The molecule has 8 nitrogen and oxygen atoms in total. The van der Waals surface area contributed by atoms with Crippen LogP contribution in [0.1, 0.15) is 89.3 Å². The topological polar surface area (TPSA) is 97.0 Å². The van der Waals surface area contributed by atoms with Gasteiger partial charge < -0.3 is 14.5 Å². The zero-order chi connectivity index (χ0) is 25.5. The van der Waals surface area contributed by atoms with Crippen molar-refractivity contribution in [3.8, 4) is 0 Å². The summed E-state index contributed by atoms with van der Waals surface area (Å²) >= 11 is 0. The van der Waals surface area contributed by atoms with Crippen molar-refractivity contribution in [1.29, 1.82) is 0 Å². The molecule has 198 valence electrons. The number of aliphatic carboxylic acids is 1. The molecule has 0 amide bonds. The van der Waals surface area contributed by atoms with E-state index in [0.29, 0.717) is 23.6 Å². The number of oxime groups is 1. The first-order chi connectivity index (χ1) is 18.0. The predicted molar refractivity (Wildman–Crippen MR) is 142 cm³/mol. The lowest BCUT2D eigenvalue weighted by Gasteiger charge is -2.55. The minimum absolute atomic E-state index is 0.0101. The molecule has 8 heteroatoms. The van der Waals surface area contributed by atoms with Crippen molar-refractivity contribution in [2.75, 3.05) is 6.61 Å². The minimum Gasteiger partial charge on any atom is -0.476 e. The van der Waals surface area contributed by atoms with Crippen molar-refractivity contribution in [3.05, 3.63) is 40.3 Å². The summed E-state index contributed by atoms with van der Waals surface area (Å²) in [6.07, 6.45) is 13.7. The van der Waals surface area contributed by atoms with Gasteiger partial charge in [-0.25, -0.2) is 9.78 Å². The average Bonchev–Trinajstić information content (AvgIpc) is 2.88. The van der Waals surface area contributed by atoms with E-state index in [1.165, 1.54) is 57.8 Å². The van der Waals surface area contributed by atoms with Crippen LogP contribution >= 0.6 is 0 Å². The zero-order valence-electron chi connectivity index (χ0n) is 21.7. The molecule has 4 bridgehead atoms. The van der Waals surface area contributed by atoms with E-state index in [2.05, 4.69) is 15.0 Å². The van der Waals surface area contributed by atoms with E-state index in [-0.39, 0.29) is 23.9 Å². The van der Waals surface area contributed by atoms with Crippen LogP contribution in [0, 0.1) is 11.8 Å². The Morgan fingerprint density at radius 3 is 2.32 bits per heavy atom. The molecule has 0 spiro atoms. The number of hydrogen-bond donors (Lipinski definition) is 1. The van der Waals surface area contributed by atoms with Gasteiger partial charge in [-0.05, 0) is 75.8 Å². The molecule has 4 unspecified atom stereocenters. The van der Waals surface area contributed by atoms with Crippen LogP contribution in [0.15, 0.2) is 34.2 Å². The first-order valence-electron chi connectivity index (χ1n) is 14.3. The van der Waals surface area contributed by atoms with Crippen LogP contribution in [-0.4, -0.2) is 56.0 Å². The van der Waals surface area contributed by atoms with E-state index >= 15 is 0 Å². The van der Waals surface area contributed by atoms with Crippen LogP contribution in [0.4, 0.5) is 0 Å². The maximum absolute atomic E-state index is 13.9. The molecular weight excluding hydrogens is 468 g/mol. The molecule has 1 aromatic carbocycles. The summed E-state index contributed by atoms with van der Waals surface area (Å²) < 4.78 is 1.83. The molecule has 6 rings (SSSR count). The highest BCUT2D eigenvalue weighted by Gasteiger charge is 2.45. The monoisotopic (exact) mass is 506 g/mol. The van der Waals surface area contributed by atoms with Crippen LogP contribution < -0.4 is 5.56 Å². The lowest BCUT2D eigenvalue weighted by Crippen LogP contribution is -2.58. The van der Waals surface area contributed by atoms with E-state index in [4.69, 9.17) is 4.84 Å². The molecule has 2 aromatic rings. The van der Waals surface area contributed by atoms with E-state index < -0.39 is 11.7 Å². The van der Waals surface area contributed by atoms with Crippen molar-refractivity contribution >= 4 is 22.7 Å². The van der Waals surface area contributed by atoms with E-state index in [0.717, 1.165) is 30.2 Å². The van der Waals surface area contributed by atoms with Crippen molar-refractivity contribution in [2.24, 2.45) is 17.0 Å². The van der Waals surface area contributed by atoms with Crippen LogP contribution in [0.25, 0.3) is 11.0 Å². The van der Waals surface area contributed by atoms with Gasteiger partial charge in [-0.3, -0.25) is 9.69 Å². The predicted octanol–water partition coefficient (Wildman–Crippen LogP) is 4.75. The van der Waals surface area contributed by atoms with Crippen molar-refractivity contribution in [3.63, 3.8) is 0 Å². The average molecular weight is 507 g/mol. The highest BCUT2D eigenvalue weighted by Crippen LogP contribution is 2.47. The SMILES string of the molecule is CCO/N=C(\C(=O)O)c1nc2ccccc2n(C2CC3CCCC(C2)N3C2CC3CCCC(C3)C2)c1=O. The zero-order valence-corrected chi connectivity index (χ0v) is 21.7. The van der Waals surface area contributed by atoms with Gasteiger partial charge in [0, 0.05) is 24.2 Å². The van der Waals surface area contributed by atoms with E-state index in [9.17, 15) is 14.7 Å². The summed E-state index contributed by atoms with van der Waals surface area (Å²) in [5.41, 5.74) is 0.407. The maximum Gasteiger partial charge on any atom is 0.360 e. The van der Waals surface area contributed by atoms with Crippen LogP contribution in [0.5, 0.6) is 0 Å². The largest absolute Gasteiger partial charge is 0.476 e. The smallest absolute Gasteiger partial charge is 0.360 e. The fourth-order valence-corrected chi connectivity index (χ4v) is 8.12. The number of nitrogens with zero attached hydrogens (tertiary/aromatic N) is 4. The summed E-state index contributed by atoms with van der Waals surface area (Å²) in [6.45, 7) is 1.93. The van der Waals surface area contributed by atoms with Crippen LogP contribution in [-0.2, 0) is 9.63 Å². The van der Waals surface area contributed by atoms with Crippen molar-refractivity contribution in [1.82, 2.24) is 14.5 Å². The lowest BCUT2D eigenvalue weighted by molar-refractivity contribution is -0.129. The van der Waals surface area contributed by atoms with Gasteiger partial charge in [0.15, 0.2) is 5.69 Å². The Balaban J connectivity index is 1.37. The van der Waals surface area contributed by atoms with Gasteiger partial charge in [-0.2, -0.15) is 0 Å². The summed E-state index contributed by atoms with van der Waals surface area (Å²) in [4.78, 5) is 38.3. The Morgan fingerprint density at radius 1 is 0.973 bits per heavy atom. The number of carboxylic acids is 1. The summed E-state index contributed by atoms with van der Waals surface area (Å²) in [6, 6.07) is 9.19. The van der Waals surface area contributed by atoms with Gasteiger partial charge >= 0.3 is 5.97 Å². The number of para-hydroxylation sites is 2. The van der Waals surface area contributed by atoms with Gasteiger partial charge in [0.1, 0.15) is 6.61 Å². The fourth-order valence-electron chi connectivity index (χ4n) is 8.12. The summed E-state index contributed by atoms with van der Waals surface area (Å²) in [5, 5.41) is 13.6. The first kappa shape index (κ1) is 24.6. The van der Waals surface area contributed by atoms with Crippen molar-refractivity contribution < 1.29 is 14.7 Å². The third-order valence-corrected chi connectivity index (χ3v) is 9.40. The van der Waals surface area contributed by atoms with E-state index in [1.54, 1.807) is 6.92 Å². The molecule has 4 fully saturated rings.